The second kappa shape index (κ2) is 6.50. The van der Waals surface area contributed by atoms with Crippen LogP contribution in [0.4, 0.5) is 5.69 Å². The molecule has 0 saturated carbocycles. The number of nitrogens with one attached hydrogen (secondary N) is 1. The Morgan fingerprint density at radius 2 is 2.09 bits per heavy atom. The molecule has 6 heteroatoms. The first kappa shape index (κ1) is 15.1. The first-order chi connectivity index (χ1) is 10.6. The number of amides is 2. The van der Waals surface area contributed by atoms with Gasteiger partial charge in [-0.25, -0.2) is 0 Å². The summed E-state index contributed by atoms with van der Waals surface area (Å²) in [5, 5.41) is 5.43. The van der Waals surface area contributed by atoms with Crippen molar-refractivity contribution in [1.82, 2.24) is 5.32 Å². The van der Waals surface area contributed by atoms with Crippen LogP contribution in [-0.2, 0) is 16.1 Å². The number of hydrogen-bond donors (Lipinski definition) is 1. The van der Waals surface area contributed by atoms with E-state index in [1.807, 2.05) is 17.5 Å². The molecule has 1 unspecified atom stereocenters. The van der Waals surface area contributed by atoms with Crippen LogP contribution >= 0.6 is 22.9 Å². The summed E-state index contributed by atoms with van der Waals surface area (Å²) in [7, 11) is 0. The molecular formula is C16H15ClN2O2S. The summed E-state index contributed by atoms with van der Waals surface area (Å²) in [5.41, 5.74) is 0.781. The Balaban J connectivity index is 1.63. The van der Waals surface area contributed by atoms with Crippen LogP contribution in [0.1, 0.15) is 11.3 Å². The SMILES string of the molecule is O=C(NCc1cccs1)C1CCN(c2ccc(Cl)cc2)C1=O. The van der Waals surface area contributed by atoms with Crippen molar-refractivity contribution in [2.75, 3.05) is 11.4 Å². The van der Waals surface area contributed by atoms with E-state index < -0.39 is 5.92 Å². The molecule has 22 heavy (non-hydrogen) atoms. The summed E-state index contributed by atoms with van der Waals surface area (Å²) in [5.74, 6) is -0.948. The molecule has 1 aliphatic rings. The number of carbonyl (C=O) groups is 2. The van der Waals surface area contributed by atoms with Crippen molar-refractivity contribution in [1.29, 1.82) is 0 Å². The molecular weight excluding hydrogens is 320 g/mol. The molecule has 1 saturated heterocycles. The molecule has 2 aromatic rings. The Morgan fingerprint density at radius 1 is 1.32 bits per heavy atom. The summed E-state index contributed by atoms with van der Waals surface area (Å²) in [6.07, 6.45) is 0.539. The number of anilines is 1. The Morgan fingerprint density at radius 3 is 2.77 bits per heavy atom. The number of hydrogen-bond acceptors (Lipinski definition) is 3. The normalized spacial score (nSPS) is 17.8. The quantitative estimate of drug-likeness (QED) is 0.874. The Bertz CT molecular complexity index is 670. The van der Waals surface area contributed by atoms with Crippen LogP contribution < -0.4 is 10.2 Å². The molecule has 3 rings (SSSR count). The topological polar surface area (TPSA) is 49.4 Å². The second-order valence-electron chi connectivity index (χ2n) is 5.10. The van der Waals surface area contributed by atoms with Gasteiger partial charge in [0.25, 0.3) is 0 Å². The lowest BCUT2D eigenvalue weighted by molar-refractivity contribution is -0.132. The molecule has 0 bridgehead atoms. The number of thiophene rings is 1. The van der Waals surface area contributed by atoms with Crippen LogP contribution in [0.3, 0.4) is 0 Å². The Hall–Kier alpha value is -1.85. The summed E-state index contributed by atoms with van der Waals surface area (Å²) in [6, 6.07) is 11.0. The van der Waals surface area contributed by atoms with Gasteiger partial charge >= 0.3 is 0 Å². The van der Waals surface area contributed by atoms with Gasteiger partial charge in [0.2, 0.25) is 11.8 Å². The molecule has 1 aromatic heterocycles. The lowest BCUT2D eigenvalue weighted by Gasteiger charge is -2.16. The summed E-state index contributed by atoms with van der Waals surface area (Å²) < 4.78 is 0. The number of halogens is 1. The predicted octanol–water partition coefficient (Wildman–Crippen LogP) is 3.07. The highest BCUT2D eigenvalue weighted by molar-refractivity contribution is 7.09. The third-order valence-corrected chi connectivity index (χ3v) is 4.81. The smallest absolute Gasteiger partial charge is 0.239 e. The third-order valence-electron chi connectivity index (χ3n) is 3.68. The molecule has 0 aliphatic carbocycles. The van der Waals surface area contributed by atoms with Gasteiger partial charge in [-0.05, 0) is 42.1 Å². The zero-order chi connectivity index (χ0) is 15.5. The van der Waals surface area contributed by atoms with E-state index in [-0.39, 0.29) is 11.8 Å². The maximum absolute atomic E-state index is 12.4. The van der Waals surface area contributed by atoms with E-state index in [4.69, 9.17) is 11.6 Å². The Labute approximate surface area is 137 Å². The zero-order valence-electron chi connectivity index (χ0n) is 11.8. The number of carbonyl (C=O) groups excluding carboxylic acids is 2. The van der Waals surface area contributed by atoms with E-state index in [1.54, 1.807) is 40.5 Å². The summed E-state index contributed by atoms with van der Waals surface area (Å²) in [4.78, 5) is 27.4. The molecule has 2 amide bonds. The van der Waals surface area contributed by atoms with E-state index in [1.165, 1.54) is 0 Å². The van der Waals surface area contributed by atoms with E-state index >= 15 is 0 Å². The average Bonchev–Trinajstić information content (AvgIpc) is 3.15. The van der Waals surface area contributed by atoms with Crippen molar-refractivity contribution in [3.63, 3.8) is 0 Å². The van der Waals surface area contributed by atoms with Gasteiger partial charge in [0.1, 0.15) is 5.92 Å². The Kier molecular flexibility index (Phi) is 4.45. The van der Waals surface area contributed by atoms with Crippen molar-refractivity contribution in [2.45, 2.75) is 13.0 Å². The molecule has 1 aromatic carbocycles. The maximum atomic E-state index is 12.4. The fourth-order valence-electron chi connectivity index (χ4n) is 2.51. The highest BCUT2D eigenvalue weighted by Gasteiger charge is 2.37. The van der Waals surface area contributed by atoms with Crippen LogP contribution in [0, 0.1) is 5.92 Å². The fraction of sp³-hybridized carbons (Fsp3) is 0.250. The van der Waals surface area contributed by atoms with Gasteiger partial charge in [0.15, 0.2) is 0 Å². The molecule has 114 valence electrons. The minimum absolute atomic E-state index is 0.147. The fourth-order valence-corrected chi connectivity index (χ4v) is 3.28. The second-order valence-corrected chi connectivity index (χ2v) is 6.57. The molecule has 0 radical (unpaired) electrons. The zero-order valence-corrected chi connectivity index (χ0v) is 13.4. The molecule has 1 fully saturated rings. The largest absolute Gasteiger partial charge is 0.351 e. The minimum Gasteiger partial charge on any atom is -0.351 e. The predicted molar refractivity (Wildman–Crippen MR) is 88.1 cm³/mol. The monoisotopic (exact) mass is 334 g/mol. The molecule has 4 nitrogen and oxygen atoms in total. The van der Waals surface area contributed by atoms with Gasteiger partial charge in [-0.3, -0.25) is 9.59 Å². The van der Waals surface area contributed by atoms with Crippen LogP contribution in [0.15, 0.2) is 41.8 Å². The number of nitrogens with zero attached hydrogens (tertiary/aromatic N) is 1. The van der Waals surface area contributed by atoms with Gasteiger partial charge in [-0.2, -0.15) is 0 Å². The highest BCUT2D eigenvalue weighted by atomic mass is 35.5. The van der Waals surface area contributed by atoms with Gasteiger partial charge in [0.05, 0.1) is 6.54 Å². The van der Waals surface area contributed by atoms with Gasteiger partial charge in [0, 0.05) is 22.1 Å². The van der Waals surface area contributed by atoms with Crippen LogP contribution in [0.2, 0.25) is 5.02 Å². The molecule has 2 heterocycles. The third kappa shape index (κ3) is 3.15. The number of benzene rings is 1. The molecule has 1 N–H and O–H groups in total. The lowest BCUT2D eigenvalue weighted by Crippen LogP contribution is -2.36. The maximum Gasteiger partial charge on any atom is 0.239 e. The molecule has 1 aliphatic heterocycles. The summed E-state index contributed by atoms with van der Waals surface area (Å²) >= 11 is 7.44. The first-order valence-corrected chi connectivity index (χ1v) is 8.28. The van der Waals surface area contributed by atoms with Crippen molar-refractivity contribution >= 4 is 40.4 Å². The van der Waals surface area contributed by atoms with Crippen LogP contribution in [-0.4, -0.2) is 18.4 Å². The van der Waals surface area contributed by atoms with Crippen molar-refractivity contribution in [3.8, 4) is 0 Å². The number of rotatable bonds is 4. The standard InChI is InChI=1S/C16H15ClN2O2S/c17-11-3-5-12(6-4-11)19-8-7-14(16(19)21)15(20)18-10-13-2-1-9-22-13/h1-6,9,14H,7-8,10H2,(H,18,20). The van der Waals surface area contributed by atoms with Gasteiger partial charge < -0.3 is 10.2 Å². The van der Waals surface area contributed by atoms with E-state index in [2.05, 4.69) is 5.32 Å². The minimum atomic E-state index is -0.601. The summed E-state index contributed by atoms with van der Waals surface area (Å²) in [6.45, 7) is 1.03. The molecule has 1 atom stereocenters. The van der Waals surface area contributed by atoms with Crippen molar-refractivity contribution in [3.05, 3.63) is 51.7 Å². The van der Waals surface area contributed by atoms with Crippen molar-refractivity contribution < 1.29 is 9.59 Å². The van der Waals surface area contributed by atoms with Crippen LogP contribution in [0.5, 0.6) is 0 Å². The van der Waals surface area contributed by atoms with Crippen LogP contribution in [0.25, 0.3) is 0 Å². The average molecular weight is 335 g/mol. The molecule has 0 spiro atoms. The van der Waals surface area contributed by atoms with E-state index in [0.29, 0.717) is 24.5 Å². The van der Waals surface area contributed by atoms with E-state index in [9.17, 15) is 9.59 Å². The lowest BCUT2D eigenvalue weighted by atomic mass is 10.1. The van der Waals surface area contributed by atoms with Gasteiger partial charge in [-0.1, -0.05) is 17.7 Å². The van der Waals surface area contributed by atoms with Crippen molar-refractivity contribution in [2.24, 2.45) is 5.92 Å². The van der Waals surface area contributed by atoms with Gasteiger partial charge in [-0.15, -0.1) is 11.3 Å². The first-order valence-electron chi connectivity index (χ1n) is 7.02. The highest BCUT2D eigenvalue weighted by Crippen LogP contribution is 2.26. The van der Waals surface area contributed by atoms with E-state index in [0.717, 1.165) is 10.6 Å².